The number of benzene rings is 1. The molecule has 0 saturated heterocycles. The molecule has 0 aliphatic carbocycles. The maximum Gasteiger partial charge on any atom is 0.522 e. The van der Waals surface area contributed by atoms with Crippen LogP contribution in [0, 0.1) is 0 Å². The summed E-state index contributed by atoms with van der Waals surface area (Å²) in [5.74, 6) is 0.528. The van der Waals surface area contributed by atoms with Gasteiger partial charge in [0.2, 0.25) is 0 Å². The highest BCUT2D eigenvalue weighted by molar-refractivity contribution is 5.29. The van der Waals surface area contributed by atoms with E-state index >= 15 is 0 Å². The van der Waals surface area contributed by atoms with Gasteiger partial charge in [-0.1, -0.05) is 19.1 Å². The molecule has 1 rings (SSSR count). The molecule has 108 valence electrons. The second-order valence-electron chi connectivity index (χ2n) is 3.96. The third kappa shape index (κ3) is 5.94. The van der Waals surface area contributed by atoms with E-state index < -0.39 is 13.0 Å². The largest absolute Gasteiger partial charge is 0.522 e. The van der Waals surface area contributed by atoms with Crippen LogP contribution in [0.2, 0.25) is 0 Å². The molecule has 6 heteroatoms. The minimum absolute atomic E-state index is 0.137. The zero-order valence-corrected chi connectivity index (χ0v) is 11.0. The van der Waals surface area contributed by atoms with Crippen molar-refractivity contribution in [1.82, 2.24) is 5.32 Å². The van der Waals surface area contributed by atoms with Gasteiger partial charge in [0.1, 0.15) is 12.4 Å². The molecule has 0 fully saturated rings. The van der Waals surface area contributed by atoms with Crippen molar-refractivity contribution in [2.75, 3.05) is 20.3 Å². The monoisotopic (exact) mass is 277 g/mol. The lowest BCUT2D eigenvalue weighted by Gasteiger charge is -2.15. The summed E-state index contributed by atoms with van der Waals surface area (Å²) in [6.07, 6.45) is -3.65. The second kappa shape index (κ2) is 7.35. The third-order valence-electron chi connectivity index (χ3n) is 2.66. The molecule has 0 radical (unpaired) electrons. The van der Waals surface area contributed by atoms with Crippen molar-refractivity contribution < 1.29 is 22.6 Å². The Labute approximate surface area is 110 Å². The normalized spacial score (nSPS) is 13.3. The number of hydrogen-bond donors (Lipinski definition) is 1. The van der Waals surface area contributed by atoms with Gasteiger partial charge in [0.15, 0.2) is 0 Å². The van der Waals surface area contributed by atoms with Gasteiger partial charge >= 0.3 is 6.36 Å². The molecular formula is C13H18F3NO2. The molecular weight excluding hydrogens is 259 g/mol. The van der Waals surface area contributed by atoms with Crippen molar-refractivity contribution in [3.05, 3.63) is 29.8 Å². The lowest BCUT2D eigenvalue weighted by molar-refractivity contribution is -0.325. The zero-order valence-electron chi connectivity index (χ0n) is 11.0. The second-order valence-corrected chi connectivity index (χ2v) is 3.96. The van der Waals surface area contributed by atoms with Crippen LogP contribution in [0.5, 0.6) is 5.75 Å². The van der Waals surface area contributed by atoms with Crippen LogP contribution < -0.4 is 10.1 Å². The van der Waals surface area contributed by atoms with Crippen molar-refractivity contribution in [3.63, 3.8) is 0 Å². The topological polar surface area (TPSA) is 30.5 Å². The summed E-state index contributed by atoms with van der Waals surface area (Å²) >= 11 is 0. The molecule has 1 aromatic carbocycles. The fourth-order valence-corrected chi connectivity index (χ4v) is 1.72. The fourth-order valence-electron chi connectivity index (χ4n) is 1.72. The lowest BCUT2D eigenvalue weighted by atomic mass is 10.1. The minimum Gasteiger partial charge on any atom is -0.491 e. The van der Waals surface area contributed by atoms with E-state index in [0.717, 1.165) is 12.0 Å². The molecule has 0 aliphatic heterocycles. The Morgan fingerprint density at radius 2 is 1.79 bits per heavy atom. The molecule has 0 spiro atoms. The van der Waals surface area contributed by atoms with E-state index in [1.165, 1.54) is 0 Å². The molecule has 19 heavy (non-hydrogen) atoms. The number of halogens is 3. The van der Waals surface area contributed by atoms with Crippen LogP contribution in [0.15, 0.2) is 24.3 Å². The number of alkyl halides is 3. The molecule has 0 saturated carbocycles. The standard InChI is InChI=1S/C13H18F3NO2/c1-3-12(17-2)10-4-6-11(7-5-10)18-8-9-19-13(14,15)16/h4-7,12,17H,3,8-9H2,1-2H3. The Kier molecular flexibility index (Phi) is 6.11. The van der Waals surface area contributed by atoms with Crippen LogP contribution >= 0.6 is 0 Å². The Hall–Kier alpha value is -1.27. The van der Waals surface area contributed by atoms with Gasteiger partial charge in [-0.3, -0.25) is 4.74 Å². The SMILES string of the molecule is CCC(NC)c1ccc(OCCOC(F)(F)F)cc1. The molecule has 0 bridgehead atoms. The highest BCUT2D eigenvalue weighted by Crippen LogP contribution is 2.20. The molecule has 0 amide bonds. The van der Waals surface area contributed by atoms with Gasteiger partial charge in [0.05, 0.1) is 6.61 Å². The van der Waals surface area contributed by atoms with Gasteiger partial charge in [0, 0.05) is 6.04 Å². The van der Waals surface area contributed by atoms with Crippen LogP contribution in [0.25, 0.3) is 0 Å². The van der Waals surface area contributed by atoms with Crippen molar-refractivity contribution in [2.45, 2.75) is 25.7 Å². The molecule has 1 aromatic rings. The van der Waals surface area contributed by atoms with Crippen LogP contribution in [0.1, 0.15) is 24.9 Å². The molecule has 1 unspecified atom stereocenters. The van der Waals surface area contributed by atoms with Gasteiger partial charge in [0.25, 0.3) is 0 Å². The van der Waals surface area contributed by atoms with Crippen molar-refractivity contribution in [1.29, 1.82) is 0 Å². The van der Waals surface area contributed by atoms with Gasteiger partial charge in [-0.05, 0) is 31.2 Å². The van der Waals surface area contributed by atoms with Crippen LogP contribution in [0.3, 0.4) is 0 Å². The minimum atomic E-state index is -4.60. The van der Waals surface area contributed by atoms with Gasteiger partial charge in [-0.15, -0.1) is 13.2 Å². The van der Waals surface area contributed by atoms with E-state index in [9.17, 15) is 13.2 Å². The van der Waals surface area contributed by atoms with Crippen molar-refractivity contribution >= 4 is 0 Å². The van der Waals surface area contributed by atoms with E-state index in [1.54, 1.807) is 12.1 Å². The summed E-state index contributed by atoms with van der Waals surface area (Å²) in [5.41, 5.74) is 1.11. The maximum absolute atomic E-state index is 11.7. The summed E-state index contributed by atoms with van der Waals surface area (Å²) in [7, 11) is 1.88. The first-order valence-corrected chi connectivity index (χ1v) is 6.07. The molecule has 0 heterocycles. The Morgan fingerprint density at radius 1 is 1.16 bits per heavy atom. The first-order valence-electron chi connectivity index (χ1n) is 6.07. The summed E-state index contributed by atoms with van der Waals surface area (Å²) in [6.45, 7) is 1.42. The molecule has 0 aliphatic rings. The number of rotatable bonds is 7. The Morgan fingerprint density at radius 3 is 2.26 bits per heavy atom. The van der Waals surface area contributed by atoms with Gasteiger partial charge in [-0.2, -0.15) is 0 Å². The van der Waals surface area contributed by atoms with Gasteiger partial charge in [-0.25, -0.2) is 0 Å². The van der Waals surface area contributed by atoms with E-state index in [2.05, 4.69) is 17.0 Å². The molecule has 1 N–H and O–H groups in total. The molecule has 3 nitrogen and oxygen atoms in total. The Bertz CT molecular complexity index is 361. The highest BCUT2D eigenvalue weighted by atomic mass is 19.4. The average Bonchev–Trinajstić information content (AvgIpc) is 2.37. The molecule has 0 aromatic heterocycles. The highest BCUT2D eigenvalue weighted by Gasteiger charge is 2.28. The first-order chi connectivity index (χ1) is 8.96. The summed E-state index contributed by atoms with van der Waals surface area (Å²) in [6, 6.07) is 7.53. The molecule has 1 atom stereocenters. The van der Waals surface area contributed by atoms with E-state index in [1.807, 2.05) is 19.2 Å². The smallest absolute Gasteiger partial charge is 0.491 e. The Balaban J connectivity index is 2.40. The first kappa shape index (κ1) is 15.8. The average molecular weight is 277 g/mol. The predicted molar refractivity (Wildman–Crippen MR) is 66.0 cm³/mol. The van der Waals surface area contributed by atoms with Crippen molar-refractivity contribution in [3.8, 4) is 5.75 Å². The van der Waals surface area contributed by atoms with Crippen molar-refractivity contribution in [2.24, 2.45) is 0 Å². The van der Waals surface area contributed by atoms with E-state index in [-0.39, 0.29) is 12.6 Å². The number of ether oxygens (including phenoxy) is 2. The third-order valence-corrected chi connectivity index (χ3v) is 2.66. The van der Waals surface area contributed by atoms with Crippen LogP contribution in [-0.2, 0) is 4.74 Å². The summed E-state index contributed by atoms with van der Waals surface area (Å²) in [5, 5.41) is 3.17. The van der Waals surface area contributed by atoms with Crippen LogP contribution in [0.4, 0.5) is 13.2 Å². The zero-order chi connectivity index (χ0) is 14.3. The summed E-state index contributed by atoms with van der Waals surface area (Å²) < 4.78 is 43.9. The lowest BCUT2D eigenvalue weighted by Crippen LogP contribution is -2.18. The fraction of sp³-hybridized carbons (Fsp3) is 0.538. The maximum atomic E-state index is 11.7. The number of nitrogens with one attached hydrogen (secondary N) is 1. The van der Waals surface area contributed by atoms with Crippen LogP contribution in [-0.4, -0.2) is 26.6 Å². The quantitative estimate of drug-likeness (QED) is 0.776. The van der Waals surface area contributed by atoms with Gasteiger partial charge < -0.3 is 10.1 Å². The van der Waals surface area contributed by atoms with E-state index in [4.69, 9.17) is 4.74 Å². The van der Waals surface area contributed by atoms with E-state index in [0.29, 0.717) is 5.75 Å². The predicted octanol–water partition coefficient (Wildman–Crippen LogP) is 3.27. The number of hydrogen-bond acceptors (Lipinski definition) is 3. The summed E-state index contributed by atoms with van der Waals surface area (Å²) in [4.78, 5) is 0.